The Morgan fingerprint density at radius 3 is 2.41 bits per heavy atom. The molecule has 1 fully saturated rings. The van der Waals surface area contributed by atoms with E-state index >= 15 is 0 Å². The Morgan fingerprint density at radius 1 is 1.11 bits per heavy atom. The van der Waals surface area contributed by atoms with Crippen molar-refractivity contribution in [2.75, 3.05) is 13.1 Å². The third-order valence-electron chi connectivity index (χ3n) is 4.99. The zero-order valence-electron chi connectivity index (χ0n) is 15.1. The number of hydrogen-bond acceptors (Lipinski definition) is 2. The van der Waals surface area contributed by atoms with Gasteiger partial charge >= 0.3 is 6.18 Å². The molecule has 0 bridgehead atoms. The molecule has 1 aliphatic rings. The monoisotopic (exact) mass is 376 g/mol. The Labute approximate surface area is 157 Å². The number of alkyl halides is 3. The molecule has 2 aromatic rings. The third kappa shape index (κ3) is 4.89. The first kappa shape index (κ1) is 19.4. The van der Waals surface area contributed by atoms with Gasteiger partial charge in [0, 0.05) is 25.0 Å². The number of benzene rings is 2. The predicted octanol–water partition coefficient (Wildman–Crippen LogP) is 3.76. The van der Waals surface area contributed by atoms with Gasteiger partial charge in [0.15, 0.2) is 0 Å². The van der Waals surface area contributed by atoms with Crippen molar-refractivity contribution in [2.24, 2.45) is 5.92 Å². The minimum atomic E-state index is -4.35. The zero-order chi connectivity index (χ0) is 19.4. The maximum atomic E-state index is 12.7. The summed E-state index contributed by atoms with van der Waals surface area (Å²) in [5.41, 5.74) is 1.23. The van der Waals surface area contributed by atoms with Gasteiger partial charge in [-0.2, -0.15) is 13.2 Å². The molecule has 1 aliphatic heterocycles. The van der Waals surface area contributed by atoms with Gasteiger partial charge in [-0.15, -0.1) is 0 Å². The van der Waals surface area contributed by atoms with Crippen LogP contribution in [-0.2, 0) is 17.4 Å². The molecule has 0 aromatic heterocycles. The minimum absolute atomic E-state index is 0.0197. The van der Waals surface area contributed by atoms with Crippen molar-refractivity contribution < 1.29 is 18.0 Å². The molecule has 3 atom stereocenters. The van der Waals surface area contributed by atoms with Crippen molar-refractivity contribution in [2.45, 2.75) is 31.5 Å². The van der Waals surface area contributed by atoms with E-state index in [1.54, 1.807) is 0 Å². The molecule has 144 valence electrons. The molecule has 27 heavy (non-hydrogen) atoms. The van der Waals surface area contributed by atoms with E-state index in [1.807, 2.05) is 37.3 Å². The lowest BCUT2D eigenvalue weighted by atomic mass is 9.87. The highest BCUT2D eigenvalue weighted by Gasteiger charge is 2.35. The van der Waals surface area contributed by atoms with Gasteiger partial charge in [-0.1, -0.05) is 42.5 Å². The highest BCUT2D eigenvalue weighted by molar-refractivity contribution is 5.80. The van der Waals surface area contributed by atoms with Gasteiger partial charge in [-0.3, -0.25) is 4.79 Å². The van der Waals surface area contributed by atoms with Crippen molar-refractivity contribution in [1.29, 1.82) is 0 Å². The molecular weight excluding hydrogens is 353 g/mol. The molecule has 1 saturated heterocycles. The molecule has 2 aromatic carbocycles. The highest BCUT2D eigenvalue weighted by atomic mass is 19.4. The molecule has 0 aliphatic carbocycles. The Bertz CT molecular complexity index is 759. The number of hydrogen-bond donors (Lipinski definition) is 2. The molecule has 0 unspecified atom stereocenters. The van der Waals surface area contributed by atoms with Crippen LogP contribution in [0.15, 0.2) is 54.6 Å². The molecule has 1 heterocycles. The SMILES string of the molecule is C[C@@H](Cc1ccccc1)NC(=O)[C@@H]1CNC[C@H]1c1ccc(C(F)(F)F)cc1. The summed E-state index contributed by atoms with van der Waals surface area (Å²) in [5.74, 6) is -0.482. The fraction of sp³-hybridized carbons (Fsp3) is 0.381. The van der Waals surface area contributed by atoms with Gasteiger partial charge in [-0.25, -0.2) is 0 Å². The fourth-order valence-corrected chi connectivity index (χ4v) is 3.59. The average Bonchev–Trinajstić information content (AvgIpc) is 3.12. The van der Waals surface area contributed by atoms with Gasteiger partial charge in [-0.05, 0) is 36.6 Å². The van der Waals surface area contributed by atoms with Crippen LogP contribution in [0.2, 0.25) is 0 Å². The molecule has 3 nitrogen and oxygen atoms in total. The third-order valence-corrected chi connectivity index (χ3v) is 4.99. The summed E-state index contributed by atoms with van der Waals surface area (Å²) in [6.07, 6.45) is -3.62. The van der Waals surface area contributed by atoms with Crippen LogP contribution in [0.3, 0.4) is 0 Å². The summed E-state index contributed by atoms with van der Waals surface area (Å²) in [7, 11) is 0. The number of carbonyl (C=O) groups is 1. The van der Waals surface area contributed by atoms with Crippen molar-refractivity contribution in [3.05, 3.63) is 71.3 Å². The second kappa shape index (κ2) is 8.13. The molecule has 2 N–H and O–H groups in total. The van der Waals surface area contributed by atoms with E-state index in [-0.39, 0.29) is 23.8 Å². The summed E-state index contributed by atoms with van der Waals surface area (Å²) in [6, 6.07) is 15.0. The van der Waals surface area contributed by atoms with Crippen LogP contribution in [0, 0.1) is 5.92 Å². The number of amides is 1. The summed E-state index contributed by atoms with van der Waals surface area (Å²) >= 11 is 0. The number of nitrogens with one attached hydrogen (secondary N) is 2. The zero-order valence-corrected chi connectivity index (χ0v) is 15.1. The summed E-state index contributed by atoms with van der Waals surface area (Å²) in [4.78, 5) is 12.7. The standard InChI is InChI=1S/C21H23F3N2O/c1-14(11-15-5-3-2-4-6-15)26-20(27)19-13-25-12-18(19)16-7-9-17(10-8-16)21(22,23)24/h2-10,14,18-19,25H,11-13H2,1H3,(H,26,27)/t14-,18-,19+/m0/s1. The fourth-order valence-electron chi connectivity index (χ4n) is 3.59. The van der Waals surface area contributed by atoms with Crippen LogP contribution < -0.4 is 10.6 Å². The van der Waals surface area contributed by atoms with E-state index in [9.17, 15) is 18.0 Å². The number of carbonyl (C=O) groups excluding carboxylic acids is 1. The van der Waals surface area contributed by atoms with E-state index in [4.69, 9.17) is 0 Å². The largest absolute Gasteiger partial charge is 0.416 e. The van der Waals surface area contributed by atoms with Crippen LogP contribution in [0.25, 0.3) is 0 Å². The molecule has 6 heteroatoms. The maximum Gasteiger partial charge on any atom is 0.416 e. The molecule has 0 spiro atoms. The summed E-state index contributed by atoms with van der Waals surface area (Å²) in [6.45, 7) is 3.06. The molecule has 3 rings (SSSR count). The smallest absolute Gasteiger partial charge is 0.353 e. The van der Waals surface area contributed by atoms with Crippen molar-refractivity contribution in [3.8, 4) is 0 Å². The first-order valence-corrected chi connectivity index (χ1v) is 9.07. The van der Waals surface area contributed by atoms with Gasteiger partial charge in [0.1, 0.15) is 0 Å². The second-order valence-corrected chi connectivity index (χ2v) is 7.09. The number of halogens is 3. The molecule has 0 saturated carbocycles. The molecular formula is C21H23F3N2O. The first-order valence-electron chi connectivity index (χ1n) is 9.07. The lowest BCUT2D eigenvalue weighted by molar-refractivity contribution is -0.137. The van der Waals surface area contributed by atoms with E-state index in [2.05, 4.69) is 10.6 Å². The highest BCUT2D eigenvalue weighted by Crippen LogP contribution is 2.33. The van der Waals surface area contributed by atoms with Gasteiger partial charge in [0.2, 0.25) is 5.91 Å². The molecule has 0 radical (unpaired) electrons. The lowest BCUT2D eigenvalue weighted by Crippen LogP contribution is -2.40. The predicted molar refractivity (Wildman–Crippen MR) is 98.3 cm³/mol. The summed E-state index contributed by atoms with van der Waals surface area (Å²) < 4.78 is 38.2. The Kier molecular flexibility index (Phi) is 5.85. The topological polar surface area (TPSA) is 41.1 Å². The molecule has 1 amide bonds. The minimum Gasteiger partial charge on any atom is -0.353 e. The normalized spacial score (nSPS) is 21.0. The van der Waals surface area contributed by atoms with Gasteiger partial charge in [0.25, 0.3) is 0 Å². The van der Waals surface area contributed by atoms with Crippen molar-refractivity contribution in [1.82, 2.24) is 10.6 Å². The van der Waals surface area contributed by atoms with Crippen LogP contribution in [-0.4, -0.2) is 25.0 Å². The van der Waals surface area contributed by atoms with Crippen LogP contribution >= 0.6 is 0 Å². The van der Waals surface area contributed by atoms with Crippen LogP contribution in [0.1, 0.15) is 29.5 Å². The maximum absolute atomic E-state index is 12.7. The number of rotatable bonds is 5. The van der Waals surface area contributed by atoms with E-state index in [0.29, 0.717) is 13.1 Å². The Balaban J connectivity index is 1.64. The van der Waals surface area contributed by atoms with E-state index < -0.39 is 11.7 Å². The Hall–Kier alpha value is -2.34. The summed E-state index contributed by atoms with van der Waals surface area (Å²) in [5, 5.41) is 6.23. The van der Waals surface area contributed by atoms with Crippen LogP contribution in [0.5, 0.6) is 0 Å². The van der Waals surface area contributed by atoms with Gasteiger partial charge < -0.3 is 10.6 Å². The lowest BCUT2D eigenvalue weighted by Gasteiger charge is -2.22. The van der Waals surface area contributed by atoms with Gasteiger partial charge in [0.05, 0.1) is 11.5 Å². The quantitative estimate of drug-likeness (QED) is 0.834. The van der Waals surface area contributed by atoms with E-state index in [1.165, 1.54) is 12.1 Å². The van der Waals surface area contributed by atoms with E-state index in [0.717, 1.165) is 29.7 Å². The first-order chi connectivity index (χ1) is 12.8. The average molecular weight is 376 g/mol. The van der Waals surface area contributed by atoms with Crippen molar-refractivity contribution >= 4 is 5.91 Å². The van der Waals surface area contributed by atoms with Crippen molar-refractivity contribution in [3.63, 3.8) is 0 Å². The van der Waals surface area contributed by atoms with Crippen LogP contribution in [0.4, 0.5) is 13.2 Å². The second-order valence-electron chi connectivity index (χ2n) is 7.09. The Morgan fingerprint density at radius 2 is 1.78 bits per heavy atom.